The van der Waals surface area contributed by atoms with Gasteiger partial charge in [0, 0.05) is 17.9 Å². The molecule has 0 spiro atoms. The van der Waals surface area contributed by atoms with Crippen LogP contribution in [-0.2, 0) is 13.5 Å². The lowest BCUT2D eigenvalue weighted by atomic mass is 10.0. The van der Waals surface area contributed by atoms with E-state index in [4.69, 9.17) is 4.98 Å². The third-order valence-electron chi connectivity index (χ3n) is 4.89. The van der Waals surface area contributed by atoms with E-state index in [1.165, 1.54) is 0 Å². The maximum absolute atomic E-state index is 12.9. The number of halogens is 1. The summed E-state index contributed by atoms with van der Waals surface area (Å²) < 4.78 is 2.87. The average molecular weight is 434 g/mol. The number of aromatic nitrogens is 2. The molecule has 4 rings (SSSR count). The van der Waals surface area contributed by atoms with Gasteiger partial charge in [-0.05, 0) is 45.8 Å². The zero-order chi connectivity index (χ0) is 19.5. The highest BCUT2D eigenvalue weighted by Gasteiger charge is 2.20. The van der Waals surface area contributed by atoms with Crippen LogP contribution in [0.2, 0.25) is 0 Å². The highest BCUT2D eigenvalue weighted by molar-refractivity contribution is 9.10. The Morgan fingerprint density at radius 2 is 1.68 bits per heavy atom. The molecule has 5 heteroatoms. The Kier molecular flexibility index (Phi) is 5.26. The summed E-state index contributed by atoms with van der Waals surface area (Å²) in [7, 11) is 2.02. The van der Waals surface area contributed by atoms with E-state index >= 15 is 0 Å². The molecule has 1 amide bonds. The fourth-order valence-electron chi connectivity index (χ4n) is 3.38. The summed E-state index contributed by atoms with van der Waals surface area (Å²) in [6.07, 6.45) is 0.603. The van der Waals surface area contributed by atoms with Gasteiger partial charge in [-0.2, -0.15) is 0 Å². The van der Waals surface area contributed by atoms with Crippen LogP contribution in [0.15, 0.2) is 83.3 Å². The van der Waals surface area contributed by atoms with Gasteiger partial charge in [0.15, 0.2) is 0 Å². The van der Waals surface area contributed by atoms with Crippen LogP contribution < -0.4 is 5.32 Å². The van der Waals surface area contributed by atoms with Crippen LogP contribution in [0.5, 0.6) is 0 Å². The Hall–Kier alpha value is -2.92. The topological polar surface area (TPSA) is 46.9 Å². The molecule has 0 bridgehead atoms. The van der Waals surface area contributed by atoms with Crippen molar-refractivity contribution in [2.45, 2.75) is 12.5 Å². The average Bonchev–Trinajstić information content (AvgIpc) is 3.04. The predicted molar refractivity (Wildman–Crippen MR) is 115 cm³/mol. The van der Waals surface area contributed by atoms with Crippen LogP contribution in [0, 0.1) is 0 Å². The summed E-state index contributed by atoms with van der Waals surface area (Å²) in [5, 5.41) is 3.19. The third-order valence-corrected chi connectivity index (χ3v) is 5.58. The number of benzene rings is 3. The summed E-state index contributed by atoms with van der Waals surface area (Å²) in [5.74, 6) is 0.822. The van der Waals surface area contributed by atoms with Gasteiger partial charge in [-0.1, -0.05) is 54.6 Å². The van der Waals surface area contributed by atoms with Crippen LogP contribution in [0.4, 0.5) is 0 Å². The van der Waals surface area contributed by atoms with E-state index in [1.807, 2.05) is 79.8 Å². The van der Waals surface area contributed by atoms with Crippen LogP contribution in [0.3, 0.4) is 0 Å². The van der Waals surface area contributed by atoms with Gasteiger partial charge in [0.05, 0.1) is 22.6 Å². The van der Waals surface area contributed by atoms with Crippen molar-refractivity contribution in [1.29, 1.82) is 0 Å². The van der Waals surface area contributed by atoms with Gasteiger partial charge in [0.1, 0.15) is 5.82 Å². The van der Waals surface area contributed by atoms with Gasteiger partial charge in [-0.15, -0.1) is 0 Å². The van der Waals surface area contributed by atoms with Crippen molar-refractivity contribution in [2.75, 3.05) is 0 Å². The van der Waals surface area contributed by atoms with E-state index in [-0.39, 0.29) is 11.9 Å². The molecule has 0 aliphatic carbocycles. The van der Waals surface area contributed by atoms with Gasteiger partial charge < -0.3 is 9.88 Å². The Morgan fingerprint density at radius 1 is 1.00 bits per heavy atom. The largest absolute Gasteiger partial charge is 0.345 e. The first-order chi connectivity index (χ1) is 13.6. The van der Waals surface area contributed by atoms with Crippen molar-refractivity contribution in [3.63, 3.8) is 0 Å². The molecule has 0 saturated carbocycles. The molecular formula is C23H20BrN3O. The summed E-state index contributed by atoms with van der Waals surface area (Å²) >= 11 is 3.47. The third kappa shape index (κ3) is 3.71. The molecule has 4 aromatic rings. The number of aryl methyl sites for hydroxylation is 1. The lowest BCUT2D eigenvalue weighted by molar-refractivity contribution is 0.0935. The van der Waals surface area contributed by atoms with E-state index in [0.29, 0.717) is 12.0 Å². The Balaban J connectivity index is 1.67. The van der Waals surface area contributed by atoms with Gasteiger partial charge in [0.2, 0.25) is 0 Å². The maximum Gasteiger partial charge on any atom is 0.252 e. The summed E-state index contributed by atoms with van der Waals surface area (Å²) in [5.41, 5.74) is 3.72. The van der Waals surface area contributed by atoms with Crippen molar-refractivity contribution >= 4 is 32.9 Å². The number of nitrogens with zero attached hydrogens (tertiary/aromatic N) is 2. The van der Waals surface area contributed by atoms with Crippen LogP contribution in [0.25, 0.3) is 11.0 Å². The number of imidazole rings is 1. The Morgan fingerprint density at radius 3 is 2.43 bits per heavy atom. The van der Waals surface area contributed by atoms with Gasteiger partial charge >= 0.3 is 0 Å². The number of para-hydroxylation sites is 2. The first-order valence-corrected chi connectivity index (χ1v) is 9.93. The van der Waals surface area contributed by atoms with E-state index in [2.05, 4.69) is 31.9 Å². The standard InChI is InChI=1S/C23H20BrN3O/c1-27-21-14-8-7-13-19(21)25-22(27)15-20(16-9-3-2-4-10-16)26-23(28)17-11-5-6-12-18(17)24/h2-14,20H,15H2,1H3,(H,26,28). The summed E-state index contributed by atoms with van der Waals surface area (Å²) in [6.45, 7) is 0. The number of nitrogens with one attached hydrogen (secondary N) is 1. The SMILES string of the molecule is Cn1c(CC(NC(=O)c2ccccc2Br)c2ccccc2)nc2ccccc21. The molecule has 140 valence electrons. The maximum atomic E-state index is 12.9. The number of rotatable bonds is 5. The predicted octanol–water partition coefficient (Wildman–Crippen LogP) is 5.05. The van der Waals surface area contributed by atoms with Crippen LogP contribution >= 0.6 is 15.9 Å². The van der Waals surface area contributed by atoms with Crippen LogP contribution in [-0.4, -0.2) is 15.5 Å². The molecule has 0 aliphatic heterocycles. The number of carbonyl (C=O) groups excluding carboxylic acids is 1. The highest BCUT2D eigenvalue weighted by atomic mass is 79.9. The molecule has 3 aromatic carbocycles. The minimum absolute atomic E-state index is 0.111. The van der Waals surface area contributed by atoms with Crippen molar-refractivity contribution in [1.82, 2.24) is 14.9 Å². The monoisotopic (exact) mass is 433 g/mol. The van der Waals surface area contributed by atoms with Gasteiger partial charge in [-0.3, -0.25) is 4.79 Å². The van der Waals surface area contributed by atoms with E-state index in [1.54, 1.807) is 0 Å². The van der Waals surface area contributed by atoms with Crippen LogP contribution in [0.1, 0.15) is 27.8 Å². The number of carbonyl (C=O) groups is 1. The number of fused-ring (bicyclic) bond motifs is 1. The molecule has 28 heavy (non-hydrogen) atoms. The molecule has 0 saturated heterocycles. The van der Waals surface area contributed by atoms with E-state index < -0.39 is 0 Å². The molecule has 4 nitrogen and oxygen atoms in total. The van der Waals surface area contributed by atoms with Crippen molar-refractivity contribution in [2.24, 2.45) is 7.05 Å². The summed E-state index contributed by atoms with van der Waals surface area (Å²) in [6, 6.07) is 25.4. The normalized spacial score (nSPS) is 12.1. The number of hydrogen-bond donors (Lipinski definition) is 1. The molecular weight excluding hydrogens is 414 g/mol. The number of amides is 1. The Bertz CT molecular complexity index is 1120. The highest BCUT2D eigenvalue weighted by Crippen LogP contribution is 2.23. The van der Waals surface area contributed by atoms with Gasteiger partial charge in [0.25, 0.3) is 5.91 Å². The molecule has 1 unspecified atom stereocenters. The zero-order valence-corrected chi connectivity index (χ0v) is 17.1. The molecule has 1 N–H and O–H groups in total. The zero-order valence-electron chi connectivity index (χ0n) is 15.5. The second-order valence-corrected chi connectivity index (χ2v) is 7.55. The van der Waals surface area contributed by atoms with Crippen molar-refractivity contribution < 1.29 is 4.79 Å². The second-order valence-electron chi connectivity index (χ2n) is 6.70. The second kappa shape index (κ2) is 7.98. The molecule has 1 atom stereocenters. The first-order valence-electron chi connectivity index (χ1n) is 9.14. The van der Waals surface area contributed by atoms with E-state index in [0.717, 1.165) is 26.9 Å². The van der Waals surface area contributed by atoms with Crippen molar-refractivity contribution in [3.05, 3.63) is 100 Å². The first kappa shape index (κ1) is 18.4. The lowest BCUT2D eigenvalue weighted by Gasteiger charge is -2.20. The van der Waals surface area contributed by atoms with Gasteiger partial charge in [-0.25, -0.2) is 4.98 Å². The summed E-state index contributed by atoms with van der Waals surface area (Å²) in [4.78, 5) is 17.7. The molecule has 0 fully saturated rings. The molecule has 0 radical (unpaired) electrons. The molecule has 1 aromatic heterocycles. The number of hydrogen-bond acceptors (Lipinski definition) is 2. The molecule has 1 heterocycles. The van der Waals surface area contributed by atoms with E-state index in [9.17, 15) is 4.79 Å². The molecule has 0 aliphatic rings. The lowest BCUT2D eigenvalue weighted by Crippen LogP contribution is -2.30. The fraction of sp³-hybridized carbons (Fsp3) is 0.130. The minimum Gasteiger partial charge on any atom is -0.345 e. The minimum atomic E-state index is -0.184. The Labute approximate surface area is 172 Å². The van der Waals surface area contributed by atoms with Crippen molar-refractivity contribution in [3.8, 4) is 0 Å². The quantitative estimate of drug-likeness (QED) is 0.478. The fourth-order valence-corrected chi connectivity index (χ4v) is 3.84. The smallest absolute Gasteiger partial charge is 0.252 e.